The maximum Gasteiger partial charge on any atom is 0.240 e. The summed E-state index contributed by atoms with van der Waals surface area (Å²) in [4.78, 5) is 14.5. The van der Waals surface area contributed by atoms with Crippen molar-refractivity contribution in [2.24, 2.45) is 0 Å². The van der Waals surface area contributed by atoms with Crippen LogP contribution in [-0.4, -0.2) is 45.0 Å². The summed E-state index contributed by atoms with van der Waals surface area (Å²) in [6, 6.07) is 7.54. The maximum atomic E-state index is 12.7. The highest BCUT2D eigenvalue weighted by atomic mass is 32.2. The molecule has 8 heteroatoms. The molecule has 0 radical (unpaired) electrons. The first-order valence-electron chi connectivity index (χ1n) is 7.22. The van der Waals surface area contributed by atoms with Gasteiger partial charge in [-0.3, -0.25) is 4.79 Å². The number of aromatic nitrogens is 4. The van der Waals surface area contributed by atoms with Crippen molar-refractivity contribution in [3.05, 3.63) is 36.9 Å². The van der Waals surface area contributed by atoms with Crippen molar-refractivity contribution >= 4 is 23.4 Å². The number of thioether (sulfide) groups is 1. The SMILES string of the molecule is C=CCn1nnnc1S[C@H]1CCN(c2ccccc2OC)C1=O. The largest absolute Gasteiger partial charge is 0.495 e. The van der Waals surface area contributed by atoms with E-state index in [4.69, 9.17) is 4.74 Å². The Hall–Kier alpha value is -2.35. The van der Waals surface area contributed by atoms with E-state index in [1.165, 1.54) is 11.8 Å². The van der Waals surface area contributed by atoms with E-state index < -0.39 is 0 Å². The standard InChI is InChI=1S/C15H17N5O2S/c1-3-9-20-15(16-17-18-20)23-13-8-10-19(14(13)21)11-6-4-5-7-12(11)22-2/h3-7,13H,1,8-10H2,2H3/t13-/m0/s1. The predicted molar refractivity (Wildman–Crippen MR) is 87.6 cm³/mol. The van der Waals surface area contributed by atoms with Gasteiger partial charge < -0.3 is 9.64 Å². The van der Waals surface area contributed by atoms with E-state index in [0.717, 1.165) is 12.1 Å². The second-order valence-corrected chi connectivity index (χ2v) is 6.16. The van der Waals surface area contributed by atoms with E-state index in [2.05, 4.69) is 22.1 Å². The normalized spacial score (nSPS) is 17.5. The minimum atomic E-state index is -0.200. The van der Waals surface area contributed by atoms with Gasteiger partial charge in [0.25, 0.3) is 0 Å². The second-order valence-electron chi connectivity index (χ2n) is 4.99. The molecule has 2 aromatic rings. The number of rotatable bonds is 6. The van der Waals surface area contributed by atoms with Crippen LogP contribution < -0.4 is 9.64 Å². The lowest BCUT2D eigenvalue weighted by molar-refractivity contribution is -0.116. The van der Waals surface area contributed by atoms with Crippen LogP contribution in [0.25, 0.3) is 0 Å². The van der Waals surface area contributed by atoms with Gasteiger partial charge in [-0.05, 0) is 29.0 Å². The number of hydrogen-bond acceptors (Lipinski definition) is 6. The number of hydrogen-bond donors (Lipinski definition) is 0. The van der Waals surface area contributed by atoms with Crippen molar-refractivity contribution in [2.45, 2.75) is 23.4 Å². The molecular formula is C15H17N5O2S. The van der Waals surface area contributed by atoms with Crippen LogP contribution in [0.2, 0.25) is 0 Å². The fourth-order valence-electron chi connectivity index (χ4n) is 2.50. The zero-order chi connectivity index (χ0) is 16.2. The molecule has 2 heterocycles. The number of para-hydroxylation sites is 2. The topological polar surface area (TPSA) is 73.1 Å². The molecule has 1 aliphatic rings. The fourth-order valence-corrected chi connectivity index (χ4v) is 3.52. The van der Waals surface area contributed by atoms with Gasteiger partial charge >= 0.3 is 0 Å². The highest BCUT2D eigenvalue weighted by Crippen LogP contribution is 2.35. The molecule has 0 spiro atoms. The molecular weight excluding hydrogens is 314 g/mol. The number of tetrazole rings is 1. The van der Waals surface area contributed by atoms with Crippen LogP contribution in [0.4, 0.5) is 5.69 Å². The smallest absolute Gasteiger partial charge is 0.240 e. The van der Waals surface area contributed by atoms with Gasteiger partial charge in [-0.1, -0.05) is 30.0 Å². The van der Waals surface area contributed by atoms with Crippen LogP contribution in [0.15, 0.2) is 42.1 Å². The number of benzene rings is 1. The Morgan fingerprint density at radius 1 is 1.48 bits per heavy atom. The van der Waals surface area contributed by atoms with E-state index in [9.17, 15) is 4.79 Å². The number of carbonyl (C=O) groups is 1. The first-order chi connectivity index (χ1) is 11.2. The minimum absolute atomic E-state index is 0.0488. The fraction of sp³-hybridized carbons (Fsp3) is 0.333. The average Bonchev–Trinajstić information content (AvgIpc) is 3.16. The Kier molecular flexibility index (Phi) is 4.61. The van der Waals surface area contributed by atoms with E-state index in [1.54, 1.807) is 22.8 Å². The molecule has 0 aliphatic carbocycles. The number of methoxy groups -OCH3 is 1. The van der Waals surface area contributed by atoms with Gasteiger partial charge in [0.15, 0.2) is 0 Å². The molecule has 0 N–H and O–H groups in total. The summed E-state index contributed by atoms with van der Waals surface area (Å²) in [6.07, 6.45) is 2.46. The molecule has 1 amide bonds. The number of ether oxygens (including phenoxy) is 1. The second kappa shape index (κ2) is 6.82. The summed E-state index contributed by atoms with van der Waals surface area (Å²) in [7, 11) is 1.61. The lowest BCUT2D eigenvalue weighted by Crippen LogP contribution is -2.28. The van der Waals surface area contributed by atoms with E-state index in [1.807, 2.05) is 24.3 Å². The molecule has 1 saturated heterocycles. The Bertz CT molecular complexity index is 717. The Morgan fingerprint density at radius 2 is 2.30 bits per heavy atom. The molecule has 1 aromatic carbocycles. The van der Waals surface area contributed by atoms with Gasteiger partial charge in [-0.15, -0.1) is 11.7 Å². The highest BCUT2D eigenvalue weighted by Gasteiger charge is 2.35. The third-order valence-corrected chi connectivity index (χ3v) is 4.81. The Labute approximate surface area is 138 Å². The van der Waals surface area contributed by atoms with Crippen LogP contribution in [0, 0.1) is 0 Å². The van der Waals surface area contributed by atoms with E-state index >= 15 is 0 Å². The Morgan fingerprint density at radius 3 is 3.09 bits per heavy atom. The van der Waals surface area contributed by atoms with Gasteiger partial charge in [0.1, 0.15) is 5.75 Å². The van der Waals surface area contributed by atoms with Gasteiger partial charge in [-0.25, -0.2) is 4.68 Å². The lowest BCUT2D eigenvalue weighted by atomic mass is 10.2. The van der Waals surface area contributed by atoms with Crippen molar-refractivity contribution in [3.63, 3.8) is 0 Å². The van der Waals surface area contributed by atoms with Gasteiger partial charge in [-0.2, -0.15) is 0 Å². The van der Waals surface area contributed by atoms with E-state index in [0.29, 0.717) is 24.0 Å². The molecule has 7 nitrogen and oxygen atoms in total. The van der Waals surface area contributed by atoms with Crippen LogP contribution >= 0.6 is 11.8 Å². The van der Waals surface area contributed by atoms with Crippen LogP contribution in [0.3, 0.4) is 0 Å². The number of allylic oxidation sites excluding steroid dienone is 1. The quantitative estimate of drug-likeness (QED) is 0.751. The molecule has 0 bridgehead atoms. The first-order valence-corrected chi connectivity index (χ1v) is 8.10. The number of amides is 1. The van der Waals surface area contributed by atoms with Crippen LogP contribution in [-0.2, 0) is 11.3 Å². The number of nitrogens with zero attached hydrogens (tertiary/aromatic N) is 5. The summed E-state index contributed by atoms with van der Waals surface area (Å²) < 4.78 is 6.99. The van der Waals surface area contributed by atoms with Crippen molar-refractivity contribution in [1.29, 1.82) is 0 Å². The summed E-state index contributed by atoms with van der Waals surface area (Å²) in [5.74, 6) is 0.746. The average molecular weight is 331 g/mol. The molecule has 1 aromatic heterocycles. The molecule has 3 rings (SSSR count). The van der Waals surface area contributed by atoms with E-state index in [-0.39, 0.29) is 11.2 Å². The van der Waals surface area contributed by atoms with Gasteiger partial charge in [0.05, 0.1) is 24.6 Å². The Balaban J connectivity index is 1.76. The third-order valence-electron chi connectivity index (χ3n) is 3.58. The first kappa shape index (κ1) is 15.5. The summed E-state index contributed by atoms with van der Waals surface area (Å²) in [5.41, 5.74) is 0.800. The lowest BCUT2D eigenvalue weighted by Gasteiger charge is -2.19. The minimum Gasteiger partial charge on any atom is -0.495 e. The molecule has 1 atom stereocenters. The monoisotopic (exact) mass is 331 g/mol. The third kappa shape index (κ3) is 3.07. The maximum absolute atomic E-state index is 12.7. The van der Waals surface area contributed by atoms with Gasteiger partial charge in [0, 0.05) is 6.54 Å². The van der Waals surface area contributed by atoms with Crippen molar-refractivity contribution in [3.8, 4) is 5.75 Å². The number of anilines is 1. The molecule has 1 fully saturated rings. The van der Waals surface area contributed by atoms with Crippen LogP contribution in [0.1, 0.15) is 6.42 Å². The van der Waals surface area contributed by atoms with Crippen molar-refractivity contribution in [2.75, 3.05) is 18.6 Å². The molecule has 1 aliphatic heterocycles. The number of carbonyl (C=O) groups excluding carboxylic acids is 1. The predicted octanol–water partition coefficient (Wildman–Crippen LogP) is 1.77. The molecule has 23 heavy (non-hydrogen) atoms. The van der Waals surface area contributed by atoms with Crippen molar-refractivity contribution < 1.29 is 9.53 Å². The van der Waals surface area contributed by atoms with Crippen molar-refractivity contribution in [1.82, 2.24) is 20.2 Å². The zero-order valence-electron chi connectivity index (χ0n) is 12.8. The van der Waals surface area contributed by atoms with Gasteiger partial charge in [0.2, 0.25) is 11.1 Å². The summed E-state index contributed by atoms with van der Waals surface area (Å²) >= 11 is 1.39. The highest BCUT2D eigenvalue weighted by molar-refractivity contribution is 8.00. The zero-order valence-corrected chi connectivity index (χ0v) is 13.6. The molecule has 0 saturated carbocycles. The van der Waals surface area contributed by atoms with Crippen LogP contribution in [0.5, 0.6) is 5.75 Å². The molecule has 0 unspecified atom stereocenters. The summed E-state index contributed by atoms with van der Waals surface area (Å²) in [6.45, 7) is 4.85. The summed E-state index contributed by atoms with van der Waals surface area (Å²) in [5, 5.41) is 12.0. The molecule has 120 valence electrons.